The van der Waals surface area contributed by atoms with E-state index >= 15 is 0 Å². The Morgan fingerprint density at radius 3 is 2.78 bits per heavy atom. The molecule has 134 valence electrons. The largest absolute Gasteiger partial charge is 0.454 e. The quantitative estimate of drug-likeness (QED) is 0.291. The van der Waals surface area contributed by atoms with Crippen molar-refractivity contribution >= 4 is 44.5 Å². The molecule has 0 unspecified atom stereocenters. The van der Waals surface area contributed by atoms with Crippen molar-refractivity contribution in [3.8, 4) is 11.5 Å². The number of furan rings is 1. The standard InChI is InChI=1S/C21H16BrN3OS/c1-2-11-23-21-25(24-13-16-8-3-5-9-17(16)22)18(14-27-21)20-12-15-7-4-6-10-19(15)26-20/h2-10,12-14H,1,11H2/b23-21?,24-13-. The first-order chi connectivity index (χ1) is 13.3. The maximum absolute atomic E-state index is 6.03. The van der Waals surface area contributed by atoms with Gasteiger partial charge in [0.05, 0.1) is 12.8 Å². The van der Waals surface area contributed by atoms with Gasteiger partial charge in [0, 0.05) is 20.8 Å². The molecular formula is C21H16BrN3OS. The Morgan fingerprint density at radius 1 is 1.15 bits per heavy atom. The summed E-state index contributed by atoms with van der Waals surface area (Å²) >= 11 is 5.08. The molecule has 27 heavy (non-hydrogen) atoms. The van der Waals surface area contributed by atoms with E-state index in [9.17, 15) is 0 Å². The van der Waals surface area contributed by atoms with Crippen molar-refractivity contribution in [2.75, 3.05) is 6.54 Å². The van der Waals surface area contributed by atoms with E-state index in [1.54, 1.807) is 6.08 Å². The smallest absolute Gasteiger partial charge is 0.206 e. The van der Waals surface area contributed by atoms with E-state index in [1.807, 2.05) is 70.9 Å². The van der Waals surface area contributed by atoms with Crippen LogP contribution in [0.1, 0.15) is 5.56 Å². The molecule has 0 radical (unpaired) electrons. The molecule has 0 aliphatic carbocycles. The van der Waals surface area contributed by atoms with Crippen LogP contribution in [-0.2, 0) is 0 Å². The van der Waals surface area contributed by atoms with Crippen LogP contribution in [0.2, 0.25) is 0 Å². The Morgan fingerprint density at radius 2 is 1.96 bits per heavy atom. The van der Waals surface area contributed by atoms with Gasteiger partial charge in [0.25, 0.3) is 0 Å². The first-order valence-corrected chi connectivity index (χ1v) is 10.0. The van der Waals surface area contributed by atoms with E-state index in [-0.39, 0.29) is 0 Å². The molecule has 2 heterocycles. The highest BCUT2D eigenvalue weighted by atomic mass is 79.9. The SMILES string of the molecule is C=CCN=c1scc(-c2cc3ccccc3o2)n1/N=C\c1ccccc1Br. The number of halogens is 1. The zero-order chi connectivity index (χ0) is 18.6. The molecule has 0 atom stereocenters. The van der Waals surface area contributed by atoms with Gasteiger partial charge in [-0.3, -0.25) is 4.99 Å². The van der Waals surface area contributed by atoms with E-state index in [4.69, 9.17) is 4.42 Å². The van der Waals surface area contributed by atoms with Crippen LogP contribution in [0, 0.1) is 0 Å². The number of benzene rings is 2. The number of para-hydroxylation sites is 1. The molecule has 0 amide bonds. The summed E-state index contributed by atoms with van der Waals surface area (Å²) < 4.78 is 8.83. The zero-order valence-electron chi connectivity index (χ0n) is 14.4. The minimum atomic E-state index is 0.532. The number of nitrogens with zero attached hydrogens (tertiary/aromatic N) is 3. The summed E-state index contributed by atoms with van der Waals surface area (Å²) in [6, 6.07) is 17.9. The fourth-order valence-corrected chi connectivity index (χ4v) is 3.85. The number of thiazole rings is 1. The number of fused-ring (bicyclic) bond motifs is 1. The van der Waals surface area contributed by atoms with Crippen molar-refractivity contribution in [2.45, 2.75) is 0 Å². The van der Waals surface area contributed by atoms with Crippen LogP contribution in [0.4, 0.5) is 0 Å². The van der Waals surface area contributed by atoms with Crippen LogP contribution in [-0.4, -0.2) is 17.4 Å². The fraction of sp³-hybridized carbons (Fsp3) is 0.0476. The molecule has 2 aromatic heterocycles. The third-order valence-electron chi connectivity index (χ3n) is 3.94. The molecule has 2 aromatic carbocycles. The summed E-state index contributed by atoms with van der Waals surface area (Å²) in [5.41, 5.74) is 2.70. The Bertz CT molecular complexity index is 1170. The van der Waals surface area contributed by atoms with Crippen molar-refractivity contribution in [3.63, 3.8) is 0 Å². The minimum absolute atomic E-state index is 0.532. The van der Waals surface area contributed by atoms with Gasteiger partial charge in [-0.15, -0.1) is 17.9 Å². The van der Waals surface area contributed by atoms with Gasteiger partial charge in [-0.1, -0.05) is 58.4 Å². The van der Waals surface area contributed by atoms with Crippen LogP contribution in [0.15, 0.2) is 91.6 Å². The second-order valence-electron chi connectivity index (χ2n) is 5.76. The average Bonchev–Trinajstić information content (AvgIpc) is 3.29. The molecule has 4 aromatic rings. The molecule has 0 aliphatic rings. The summed E-state index contributed by atoms with van der Waals surface area (Å²) in [4.78, 5) is 5.34. The maximum Gasteiger partial charge on any atom is 0.206 e. The summed E-state index contributed by atoms with van der Waals surface area (Å²) in [5.74, 6) is 0.761. The molecule has 4 rings (SSSR count). The van der Waals surface area contributed by atoms with E-state index < -0.39 is 0 Å². The van der Waals surface area contributed by atoms with E-state index in [1.165, 1.54) is 11.3 Å². The minimum Gasteiger partial charge on any atom is -0.454 e. The Balaban J connectivity index is 1.84. The highest BCUT2D eigenvalue weighted by Crippen LogP contribution is 2.28. The second kappa shape index (κ2) is 7.90. The third kappa shape index (κ3) is 3.72. The van der Waals surface area contributed by atoms with Crippen molar-refractivity contribution in [1.82, 2.24) is 4.68 Å². The van der Waals surface area contributed by atoms with E-state index in [2.05, 4.69) is 32.6 Å². The zero-order valence-corrected chi connectivity index (χ0v) is 16.8. The molecular weight excluding hydrogens is 422 g/mol. The van der Waals surface area contributed by atoms with E-state index in [0.29, 0.717) is 6.54 Å². The van der Waals surface area contributed by atoms with Crippen LogP contribution >= 0.6 is 27.3 Å². The molecule has 0 saturated heterocycles. The highest BCUT2D eigenvalue weighted by molar-refractivity contribution is 9.10. The van der Waals surface area contributed by atoms with Gasteiger partial charge in [-0.25, -0.2) is 4.68 Å². The van der Waals surface area contributed by atoms with Gasteiger partial charge in [-0.2, -0.15) is 5.10 Å². The lowest BCUT2D eigenvalue weighted by Gasteiger charge is -2.01. The molecule has 6 heteroatoms. The third-order valence-corrected chi connectivity index (χ3v) is 5.51. The van der Waals surface area contributed by atoms with Gasteiger partial charge in [0.2, 0.25) is 4.80 Å². The highest BCUT2D eigenvalue weighted by Gasteiger charge is 2.12. The lowest BCUT2D eigenvalue weighted by Crippen LogP contribution is -2.12. The molecule has 0 bridgehead atoms. The lowest BCUT2D eigenvalue weighted by atomic mass is 10.2. The van der Waals surface area contributed by atoms with Crippen molar-refractivity contribution in [3.05, 3.63) is 87.5 Å². The first kappa shape index (κ1) is 17.7. The van der Waals surface area contributed by atoms with Gasteiger partial charge in [-0.05, 0) is 18.2 Å². The van der Waals surface area contributed by atoms with Crippen LogP contribution in [0.5, 0.6) is 0 Å². The lowest BCUT2D eigenvalue weighted by molar-refractivity contribution is 0.621. The predicted molar refractivity (Wildman–Crippen MR) is 115 cm³/mol. The van der Waals surface area contributed by atoms with Crippen molar-refractivity contribution in [2.24, 2.45) is 10.1 Å². The molecule has 0 N–H and O–H groups in total. The number of hydrogen-bond acceptors (Lipinski definition) is 4. The average molecular weight is 438 g/mol. The summed E-state index contributed by atoms with van der Waals surface area (Å²) in [7, 11) is 0. The van der Waals surface area contributed by atoms with Crippen LogP contribution < -0.4 is 4.80 Å². The molecule has 0 saturated carbocycles. The second-order valence-corrected chi connectivity index (χ2v) is 7.45. The fourth-order valence-electron chi connectivity index (χ4n) is 2.64. The normalized spacial score (nSPS) is 12.3. The summed E-state index contributed by atoms with van der Waals surface area (Å²) in [5, 5.41) is 7.75. The van der Waals surface area contributed by atoms with Crippen molar-refractivity contribution < 1.29 is 4.42 Å². The molecule has 0 fully saturated rings. The molecule has 0 aliphatic heterocycles. The number of aromatic nitrogens is 1. The van der Waals surface area contributed by atoms with Crippen LogP contribution in [0.25, 0.3) is 22.4 Å². The Kier molecular flexibility index (Phi) is 5.18. The first-order valence-electron chi connectivity index (χ1n) is 8.36. The maximum atomic E-state index is 6.03. The molecule has 4 nitrogen and oxygen atoms in total. The molecule has 0 spiro atoms. The van der Waals surface area contributed by atoms with Crippen LogP contribution in [0.3, 0.4) is 0 Å². The summed E-state index contributed by atoms with van der Waals surface area (Å²) in [6.07, 6.45) is 3.58. The Labute approximate surface area is 168 Å². The number of rotatable bonds is 5. The van der Waals surface area contributed by atoms with Gasteiger partial charge < -0.3 is 4.42 Å². The predicted octanol–water partition coefficient (Wildman–Crippen LogP) is 5.69. The van der Waals surface area contributed by atoms with Gasteiger partial charge in [0.1, 0.15) is 11.3 Å². The van der Waals surface area contributed by atoms with Gasteiger partial charge in [0.15, 0.2) is 5.76 Å². The topological polar surface area (TPSA) is 42.8 Å². The van der Waals surface area contributed by atoms with Crippen molar-refractivity contribution in [1.29, 1.82) is 0 Å². The summed E-state index contributed by atoms with van der Waals surface area (Å²) in [6.45, 7) is 4.28. The monoisotopic (exact) mass is 437 g/mol. The van der Waals surface area contributed by atoms with E-state index in [0.717, 1.165) is 37.3 Å². The number of hydrogen-bond donors (Lipinski definition) is 0. The van der Waals surface area contributed by atoms with Gasteiger partial charge >= 0.3 is 0 Å². The Hall–Kier alpha value is -2.70.